The van der Waals surface area contributed by atoms with Crippen molar-refractivity contribution in [3.05, 3.63) is 61.2 Å². The number of rotatable bonds is 3. The van der Waals surface area contributed by atoms with Gasteiger partial charge in [-0.05, 0) is 24.3 Å². The van der Waals surface area contributed by atoms with Crippen molar-refractivity contribution in [2.75, 3.05) is 0 Å². The maximum absolute atomic E-state index is 5.81. The van der Waals surface area contributed by atoms with Gasteiger partial charge in [0.15, 0.2) is 0 Å². The Morgan fingerprint density at radius 2 is 1.94 bits per heavy atom. The molecule has 18 heavy (non-hydrogen) atoms. The van der Waals surface area contributed by atoms with Crippen LogP contribution in [0.2, 0.25) is 0 Å². The third-order valence-corrected chi connectivity index (χ3v) is 2.50. The zero-order chi connectivity index (χ0) is 12.2. The topological polar surface area (TPSA) is 50.8 Å². The van der Waals surface area contributed by atoms with E-state index in [-0.39, 0.29) is 0 Å². The number of H-pyrrole nitrogens is 1. The molecular formula is C14H11N3O. The van der Waals surface area contributed by atoms with Gasteiger partial charge >= 0.3 is 0 Å². The largest absolute Gasteiger partial charge is 0.455 e. The van der Waals surface area contributed by atoms with Crippen LogP contribution in [0.4, 0.5) is 0 Å². The highest BCUT2D eigenvalue weighted by Crippen LogP contribution is 2.30. The number of pyridine rings is 1. The second-order valence-corrected chi connectivity index (χ2v) is 3.72. The van der Waals surface area contributed by atoms with Crippen LogP contribution in [0.15, 0.2) is 61.2 Å². The van der Waals surface area contributed by atoms with Crippen LogP contribution in [0, 0.1) is 0 Å². The molecular weight excluding hydrogens is 226 g/mol. The summed E-state index contributed by atoms with van der Waals surface area (Å²) in [5.41, 5.74) is 0.923. The second kappa shape index (κ2) is 4.71. The molecule has 0 saturated carbocycles. The van der Waals surface area contributed by atoms with Gasteiger partial charge in [0.2, 0.25) is 0 Å². The smallest absolute Gasteiger partial charge is 0.145 e. The molecule has 0 aliphatic heterocycles. The van der Waals surface area contributed by atoms with Crippen molar-refractivity contribution in [2.24, 2.45) is 0 Å². The number of aromatic amines is 1. The molecule has 0 aliphatic rings. The summed E-state index contributed by atoms with van der Waals surface area (Å²) < 4.78 is 5.81. The molecule has 4 heteroatoms. The van der Waals surface area contributed by atoms with Crippen molar-refractivity contribution < 1.29 is 4.74 Å². The first-order valence-corrected chi connectivity index (χ1v) is 5.60. The van der Waals surface area contributed by atoms with E-state index in [0.29, 0.717) is 5.75 Å². The fourth-order valence-electron chi connectivity index (χ4n) is 1.70. The van der Waals surface area contributed by atoms with E-state index < -0.39 is 0 Å². The Morgan fingerprint density at radius 1 is 1.00 bits per heavy atom. The van der Waals surface area contributed by atoms with Crippen molar-refractivity contribution in [3.8, 4) is 22.9 Å². The molecule has 1 aromatic carbocycles. The number of nitrogens with one attached hydrogen (secondary N) is 1. The molecule has 1 N–H and O–H groups in total. The molecule has 0 radical (unpaired) electrons. The summed E-state index contributed by atoms with van der Waals surface area (Å²) in [6.45, 7) is 0. The second-order valence-electron chi connectivity index (χ2n) is 3.72. The summed E-state index contributed by atoms with van der Waals surface area (Å²) in [5, 5.41) is 0. The third-order valence-electron chi connectivity index (χ3n) is 2.50. The fourth-order valence-corrected chi connectivity index (χ4v) is 1.70. The predicted octanol–water partition coefficient (Wildman–Crippen LogP) is 3.26. The molecule has 0 atom stereocenters. The molecule has 0 aliphatic carbocycles. The van der Waals surface area contributed by atoms with Gasteiger partial charge in [-0.2, -0.15) is 0 Å². The first-order valence-electron chi connectivity index (χ1n) is 5.60. The number of ether oxygens (including phenoxy) is 1. The van der Waals surface area contributed by atoms with Gasteiger partial charge in [0.1, 0.15) is 17.3 Å². The van der Waals surface area contributed by atoms with Crippen LogP contribution in [0.5, 0.6) is 11.5 Å². The lowest BCUT2D eigenvalue weighted by Crippen LogP contribution is -1.89. The highest BCUT2D eigenvalue weighted by molar-refractivity contribution is 5.64. The lowest BCUT2D eigenvalue weighted by Gasteiger charge is -2.08. The van der Waals surface area contributed by atoms with E-state index in [1.54, 1.807) is 24.8 Å². The van der Waals surface area contributed by atoms with Crippen LogP contribution in [-0.4, -0.2) is 15.0 Å². The average molecular weight is 237 g/mol. The lowest BCUT2D eigenvalue weighted by molar-refractivity contribution is 0.481. The summed E-state index contributed by atoms with van der Waals surface area (Å²) in [4.78, 5) is 11.3. The van der Waals surface area contributed by atoms with Crippen LogP contribution in [0.25, 0.3) is 11.4 Å². The van der Waals surface area contributed by atoms with Crippen molar-refractivity contribution in [3.63, 3.8) is 0 Å². The molecule has 0 spiro atoms. The number of aromatic nitrogens is 3. The molecule has 3 aromatic rings. The fraction of sp³-hybridized carbons (Fsp3) is 0. The van der Waals surface area contributed by atoms with Gasteiger partial charge in [-0.1, -0.05) is 12.1 Å². The number of para-hydroxylation sites is 1. The Balaban J connectivity index is 1.98. The van der Waals surface area contributed by atoms with E-state index in [4.69, 9.17) is 4.74 Å². The van der Waals surface area contributed by atoms with Gasteiger partial charge in [0.05, 0.1) is 11.8 Å². The molecule has 2 aromatic heterocycles. The summed E-state index contributed by atoms with van der Waals surface area (Å²) in [7, 11) is 0. The summed E-state index contributed by atoms with van der Waals surface area (Å²) >= 11 is 0. The SMILES string of the molecule is c1cncc(Oc2ccccc2-c2ncc[nH]2)c1. The van der Waals surface area contributed by atoms with Crippen LogP contribution in [-0.2, 0) is 0 Å². The summed E-state index contributed by atoms with van der Waals surface area (Å²) in [6.07, 6.45) is 6.90. The maximum Gasteiger partial charge on any atom is 0.145 e. The van der Waals surface area contributed by atoms with E-state index in [9.17, 15) is 0 Å². The number of benzene rings is 1. The number of nitrogens with zero attached hydrogens (tertiary/aromatic N) is 2. The Hall–Kier alpha value is -2.62. The average Bonchev–Trinajstić information content (AvgIpc) is 2.94. The van der Waals surface area contributed by atoms with Crippen molar-refractivity contribution in [1.82, 2.24) is 15.0 Å². The highest BCUT2D eigenvalue weighted by atomic mass is 16.5. The number of hydrogen-bond donors (Lipinski definition) is 1. The van der Waals surface area contributed by atoms with Gasteiger partial charge in [-0.25, -0.2) is 4.98 Å². The minimum atomic E-state index is 0.705. The van der Waals surface area contributed by atoms with E-state index in [1.807, 2.05) is 36.4 Å². The van der Waals surface area contributed by atoms with Gasteiger partial charge < -0.3 is 9.72 Å². The van der Waals surface area contributed by atoms with Crippen molar-refractivity contribution in [1.29, 1.82) is 0 Å². The minimum absolute atomic E-state index is 0.705. The van der Waals surface area contributed by atoms with Crippen molar-refractivity contribution in [2.45, 2.75) is 0 Å². The van der Waals surface area contributed by atoms with Crippen LogP contribution in [0.3, 0.4) is 0 Å². The zero-order valence-electron chi connectivity index (χ0n) is 9.58. The molecule has 88 valence electrons. The lowest BCUT2D eigenvalue weighted by atomic mass is 10.2. The molecule has 2 heterocycles. The monoisotopic (exact) mass is 237 g/mol. The van der Waals surface area contributed by atoms with E-state index >= 15 is 0 Å². The molecule has 0 amide bonds. The van der Waals surface area contributed by atoms with Gasteiger partial charge in [0.25, 0.3) is 0 Å². The molecule has 0 bridgehead atoms. The molecule has 0 fully saturated rings. The standard InChI is InChI=1S/C14H11N3O/c1-2-6-13(18-11-4-3-7-15-10-11)12(5-1)14-16-8-9-17-14/h1-10H,(H,16,17). The highest BCUT2D eigenvalue weighted by Gasteiger charge is 2.08. The van der Waals surface area contributed by atoms with Crippen molar-refractivity contribution >= 4 is 0 Å². The quantitative estimate of drug-likeness (QED) is 0.760. The number of imidazole rings is 1. The van der Waals surface area contributed by atoms with Crippen LogP contribution in [0.1, 0.15) is 0 Å². The molecule has 4 nitrogen and oxygen atoms in total. The van der Waals surface area contributed by atoms with E-state index in [2.05, 4.69) is 15.0 Å². The first-order chi connectivity index (χ1) is 8.93. The predicted molar refractivity (Wildman–Crippen MR) is 68.3 cm³/mol. The van der Waals surface area contributed by atoms with Gasteiger partial charge in [0, 0.05) is 18.6 Å². The first kappa shape index (κ1) is 10.5. The Bertz CT molecular complexity index is 621. The molecule has 0 saturated heterocycles. The summed E-state index contributed by atoms with van der Waals surface area (Å²) in [5.74, 6) is 2.24. The summed E-state index contributed by atoms with van der Waals surface area (Å²) in [6, 6.07) is 11.5. The normalized spacial score (nSPS) is 10.2. The minimum Gasteiger partial charge on any atom is -0.455 e. The zero-order valence-corrected chi connectivity index (χ0v) is 9.58. The van der Waals surface area contributed by atoms with E-state index in [1.165, 1.54) is 0 Å². The maximum atomic E-state index is 5.81. The molecule has 0 unspecified atom stereocenters. The van der Waals surface area contributed by atoms with Gasteiger partial charge in [-0.3, -0.25) is 4.98 Å². The number of hydrogen-bond acceptors (Lipinski definition) is 3. The van der Waals surface area contributed by atoms with E-state index in [0.717, 1.165) is 17.1 Å². The van der Waals surface area contributed by atoms with Gasteiger partial charge in [-0.15, -0.1) is 0 Å². The Morgan fingerprint density at radius 3 is 2.72 bits per heavy atom. The third kappa shape index (κ3) is 2.08. The Kier molecular flexibility index (Phi) is 2.75. The molecule has 3 rings (SSSR count). The van der Waals surface area contributed by atoms with Crippen LogP contribution < -0.4 is 4.74 Å². The van der Waals surface area contributed by atoms with Crippen LogP contribution >= 0.6 is 0 Å². The Labute approximate surface area is 104 Å².